The van der Waals surface area contributed by atoms with Crippen LogP contribution < -0.4 is 10.2 Å². The lowest BCUT2D eigenvalue weighted by molar-refractivity contribution is 0.0955. The lowest BCUT2D eigenvalue weighted by Crippen LogP contribution is -2.18. The third kappa shape index (κ3) is 4.83. The number of nitrogens with one attached hydrogen (secondary N) is 1. The van der Waals surface area contributed by atoms with Crippen LogP contribution in [0.2, 0.25) is 10.0 Å². The summed E-state index contributed by atoms with van der Waals surface area (Å²) in [6, 6.07) is 16.6. The third-order valence-corrected chi connectivity index (χ3v) is 4.77. The number of nitrogens with zero attached hydrogens (tertiary/aromatic N) is 1. The lowest BCUT2D eigenvalue weighted by Gasteiger charge is -2.11. The molecule has 1 N–H and O–H groups in total. The van der Waals surface area contributed by atoms with E-state index in [9.17, 15) is 4.79 Å². The van der Waals surface area contributed by atoms with Crippen LogP contribution >= 0.6 is 23.2 Å². The first kappa shape index (κ1) is 20.2. The maximum atomic E-state index is 12.3. The van der Waals surface area contributed by atoms with Crippen LogP contribution in [-0.4, -0.2) is 18.7 Å². The topological polar surface area (TPSA) is 50.7 Å². The Morgan fingerprint density at radius 3 is 2.75 bits per heavy atom. The molecule has 0 spiro atoms. The van der Waals surface area contributed by atoms with E-state index in [1.165, 1.54) is 6.07 Å². The molecule has 0 aliphatic heterocycles. The zero-order chi connectivity index (χ0) is 19.9. The van der Waals surface area contributed by atoms with Gasteiger partial charge in [-0.2, -0.15) is 5.10 Å². The molecular weight excluding hydrogens is 395 g/mol. The summed E-state index contributed by atoms with van der Waals surface area (Å²) in [4.78, 5) is 12.3. The normalized spacial score (nSPS) is 11.1. The summed E-state index contributed by atoms with van der Waals surface area (Å²) in [5.74, 6) is 0.321. The highest BCUT2D eigenvalue weighted by Crippen LogP contribution is 2.27. The van der Waals surface area contributed by atoms with Crippen molar-refractivity contribution in [1.82, 2.24) is 5.43 Å². The van der Waals surface area contributed by atoms with Gasteiger partial charge in [0.25, 0.3) is 5.91 Å². The Morgan fingerprint density at radius 1 is 1.14 bits per heavy atom. The van der Waals surface area contributed by atoms with Crippen LogP contribution in [0.3, 0.4) is 0 Å². The van der Waals surface area contributed by atoms with Gasteiger partial charge in [-0.15, -0.1) is 0 Å². The van der Waals surface area contributed by atoms with Gasteiger partial charge in [-0.25, -0.2) is 5.43 Å². The standard InChI is InChI=1S/C22H20Cl2N2O2/c1-2-3-12-28-21-11-8-15-6-4-5-7-17(15)19(21)14-25-26-22(27)18-10-9-16(23)13-20(18)24/h4-11,13-14H,2-3,12H2,1H3,(H,26,27)/b25-14-. The zero-order valence-corrected chi connectivity index (χ0v) is 16.9. The molecule has 0 heterocycles. The summed E-state index contributed by atoms with van der Waals surface area (Å²) in [6.45, 7) is 2.74. The predicted octanol–water partition coefficient (Wildman–Crippen LogP) is 6.09. The van der Waals surface area contributed by atoms with Crippen molar-refractivity contribution in [3.05, 3.63) is 75.8 Å². The van der Waals surface area contributed by atoms with Crippen LogP contribution in [0.25, 0.3) is 10.8 Å². The molecule has 6 heteroatoms. The number of hydrogen-bond acceptors (Lipinski definition) is 3. The van der Waals surface area contributed by atoms with E-state index in [0.717, 1.165) is 34.9 Å². The molecule has 144 valence electrons. The van der Waals surface area contributed by atoms with Crippen molar-refractivity contribution in [2.24, 2.45) is 5.10 Å². The number of amides is 1. The molecule has 0 saturated carbocycles. The zero-order valence-electron chi connectivity index (χ0n) is 15.4. The molecule has 0 saturated heterocycles. The number of benzene rings is 3. The molecule has 4 nitrogen and oxygen atoms in total. The largest absolute Gasteiger partial charge is 0.493 e. The van der Waals surface area contributed by atoms with Crippen LogP contribution in [0.5, 0.6) is 5.75 Å². The van der Waals surface area contributed by atoms with E-state index in [-0.39, 0.29) is 5.02 Å². The summed E-state index contributed by atoms with van der Waals surface area (Å²) in [5, 5.41) is 6.93. The molecular formula is C22H20Cl2N2O2. The van der Waals surface area contributed by atoms with Crippen molar-refractivity contribution in [3.63, 3.8) is 0 Å². The van der Waals surface area contributed by atoms with Gasteiger partial charge in [0.05, 0.1) is 23.4 Å². The first-order valence-electron chi connectivity index (χ1n) is 9.03. The number of rotatable bonds is 7. The van der Waals surface area contributed by atoms with Crippen molar-refractivity contribution in [3.8, 4) is 5.75 Å². The fourth-order valence-corrected chi connectivity index (χ4v) is 3.24. The highest BCUT2D eigenvalue weighted by Gasteiger charge is 2.11. The summed E-state index contributed by atoms with van der Waals surface area (Å²) < 4.78 is 5.92. The van der Waals surface area contributed by atoms with Crippen molar-refractivity contribution >= 4 is 46.1 Å². The number of carbonyl (C=O) groups is 1. The fourth-order valence-electron chi connectivity index (χ4n) is 2.75. The van der Waals surface area contributed by atoms with Gasteiger partial charge in [0.15, 0.2) is 0 Å². The van der Waals surface area contributed by atoms with Gasteiger partial charge in [0.1, 0.15) is 5.75 Å². The number of hydrazone groups is 1. The Kier molecular flexibility index (Phi) is 6.90. The minimum atomic E-state index is -0.411. The molecule has 0 aliphatic rings. The number of fused-ring (bicyclic) bond motifs is 1. The Morgan fingerprint density at radius 2 is 1.96 bits per heavy atom. The average Bonchev–Trinajstić information content (AvgIpc) is 2.69. The molecule has 3 rings (SSSR count). The third-order valence-electron chi connectivity index (χ3n) is 4.22. The van der Waals surface area contributed by atoms with E-state index in [1.54, 1.807) is 18.3 Å². The minimum Gasteiger partial charge on any atom is -0.493 e. The van der Waals surface area contributed by atoms with Gasteiger partial charge in [-0.3, -0.25) is 4.79 Å². The Labute approximate surface area is 174 Å². The van der Waals surface area contributed by atoms with Crippen LogP contribution in [-0.2, 0) is 0 Å². The summed E-state index contributed by atoms with van der Waals surface area (Å²) in [6.07, 6.45) is 3.62. The van der Waals surface area contributed by atoms with Crippen molar-refractivity contribution in [2.45, 2.75) is 19.8 Å². The van der Waals surface area contributed by atoms with Gasteiger partial charge in [0.2, 0.25) is 0 Å². The minimum absolute atomic E-state index is 0.272. The van der Waals surface area contributed by atoms with Gasteiger partial charge >= 0.3 is 0 Å². The van der Waals surface area contributed by atoms with Crippen molar-refractivity contribution < 1.29 is 9.53 Å². The lowest BCUT2D eigenvalue weighted by atomic mass is 10.0. The molecule has 3 aromatic carbocycles. The average molecular weight is 415 g/mol. The molecule has 0 atom stereocenters. The maximum Gasteiger partial charge on any atom is 0.272 e. The number of halogens is 2. The van der Waals surface area contributed by atoms with Gasteiger partial charge < -0.3 is 4.74 Å². The van der Waals surface area contributed by atoms with E-state index in [1.807, 2.05) is 36.4 Å². The smallest absolute Gasteiger partial charge is 0.272 e. The molecule has 0 unspecified atom stereocenters. The number of hydrogen-bond donors (Lipinski definition) is 1. The monoisotopic (exact) mass is 414 g/mol. The molecule has 1 amide bonds. The van der Waals surface area contributed by atoms with Crippen molar-refractivity contribution in [2.75, 3.05) is 6.61 Å². The van der Waals surface area contributed by atoms with E-state index < -0.39 is 5.91 Å². The van der Waals surface area contributed by atoms with E-state index >= 15 is 0 Å². The van der Waals surface area contributed by atoms with Gasteiger partial charge in [-0.1, -0.05) is 66.9 Å². The Balaban J connectivity index is 1.85. The van der Waals surface area contributed by atoms with Crippen LogP contribution in [0.1, 0.15) is 35.7 Å². The first-order valence-corrected chi connectivity index (χ1v) is 9.78. The fraction of sp³-hybridized carbons (Fsp3) is 0.182. The Hall–Kier alpha value is -2.56. The molecule has 3 aromatic rings. The van der Waals surface area contributed by atoms with Gasteiger partial charge in [0, 0.05) is 10.6 Å². The summed E-state index contributed by atoms with van der Waals surface area (Å²) in [5.41, 5.74) is 3.64. The molecule has 0 aliphatic carbocycles. The van der Waals surface area contributed by atoms with Crippen molar-refractivity contribution in [1.29, 1.82) is 0 Å². The molecule has 0 aromatic heterocycles. The predicted molar refractivity (Wildman–Crippen MR) is 116 cm³/mol. The second-order valence-electron chi connectivity index (χ2n) is 6.22. The quantitative estimate of drug-likeness (QED) is 0.288. The molecule has 0 bridgehead atoms. The van der Waals surface area contributed by atoms with Gasteiger partial charge in [-0.05, 0) is 41.5 Å². The Bertz CT molecular complexity index is 1020. The molecule has 0 radical (unpaired) electrons. The number of carbonyl (C=O) groups excluding carboxylic acids is 1. The van der Waals surface area contributed by atoms with Crippen LogP contribution in [0, 0.1) is 0 Å². The molecule has 0 fully saturated rings. The van der Waals surface area contributed by atoms with Crippen LogP contribution in [0.4, 0.5) is 0 Å². The summed E-state index contributed by atoms with van der Waals surface area (Å²) >= 11 is 11.9. The maximum absolute atomic E-state index is 12.3. The van der Waals surface area contributed by atoms with Crippen LogP contribution in [0.15, 0.2) is 59.7 Å². The first-order chi connectivity index (χ1) is 13.6. The van der Waals surface area contributed by atoms with E-state index in [4.69, 9.17) is 27.9 Å². The second kappa shape index (κ2) is 9.58. The second-order valence-corrected chi connectivity index (χ2v) is 7.07. The highest BCUT2D eigenvalue weighted by atomic mass is 35.5. The molecule has 28 heavy (non-hydrogen) atoms. The van der Waals surface area contributed by atoms with E-state index in [2.05, 4.69) is 17.5 Å². The summed E-state index contributed by atoms with van der Waals surface area (Å²) in [7, 11) is 0. The highest BCUT2D eigenvalue weighted by molar-refractivity contribution is 6.36. The number of unbranched alkanes of at least 4 members (excludes halogenated alkanes) is 1. The number of ether oxygens (including phenoxy) is 1. The SMILES string of the molecule is CCCCOc1ccc2ccccc2c1/C=N\NC(=O)c1ccc(Cl)cc1Cl. The van der Waals surface area contributed by atoms with E-state index in [0.29, 0.717) is 17.2 Å².